The van der Waals surface area contributed by atoms with E-state index in [1.807, 2.05) is 12.1 Å². The molecule has 2 aliphatic heterocycles. The van der Waals surface area contributed by atoms with Gasteiger partial charge in [-0.25, -0.2) is 14.8 Å². The number of aromatic nitrogens is 1. The molecule has 210 valence electrons. The number of hydrogen-bond donors (Lipinski definition) is 2. The summed E-state index contributed by atoms with van der Waals surface area (Å²) in [4.78, 5) is 34.8. The van der Waals surface area contributed by atoms with Crippen molar-refractivity contribution in [3.05, 3.63) is 65.4 Å². The van der Waals surface area contributed by atoms with Crippen LogP contribution in [0.25, 0.3) is 0 Å². The van der Waals surface area contributed by atoms with E-state index in [2.05, 4.69) is 41.0 Å². The summed E-state index contributed by atoms with van der Waals surface area (Å²) in [5.74, 6) is 6.70. The number of nitrogens with one attached hydrogen (secondary N) is 1. The van der Waals surface area contributed by atoms with Gasteiger partial charge in [-0.3, -0.25) is 4.79 Å². The fraction of sp³-hybridized carbons (Fsp3) is 0.400. The molecule has 3 N–H and O–H groups in total. The molecule has 0 aliphatic carbocycles. The number of halogens is 1. The van der Waals surface area contributed by atoms with E-state index in [4.69, 9.17) is 15.2 Å². The second kappa shape index (κ2) is 12.7. The second-order valence-electron chi connectivity index (χ2n) is 10.4. The lowest BCUT2D eigenvalue weighted by Gasteiger charge is -2.32. The number of pyridine rings is 1. The number of carbonyl (C=O) groups excluding carboxylic acids is 2. The number of hydrogen-bond acceptors (Lipinski definition) is 6. The topological polar surface area (TPSA) is 119 Å². The van der Waals surface area contributed by atoms with Crippen LogP contribution in [0.1, 0.15) is 37.9 Å². The van der Waals surface area contributed by atoms with Gasteiger partial charge in [0.2, 0.25) is 5.95 Å². The van der Waals surface area contributed by atoms with Gasteiger partial charge in [0.1, 0.15) is 18.4 Å². The Morgan fingerprint density at radius 1 is 1.30 bits per heavy atom. The van der Waals surface area contributed by atoms with Gasteiger partial charge in [0, 0.05) is 49.6 Å². The Balaban J connectivity index is 1.41. The number of nitrogens with zero attached hydrogens (tertiary/aromatic N) is 3. The summed E-state index contributed by atoms with van der Waals surface area (Å²) in [6, 6.07) is 8.18. The Morgan fingerprint density at radius 2 is 2.08 bits per heavy atom. The predicted molar refractivity (Wildman–Crippen MR) is 151 cm³/mol. The average Bonchev–Trinajstić information content (AvgIpc) is 3.06. The van der Waals surface area contributed by atoms with Gasteiger partial charge in [-0.1, -0.05) is 17.9 Å². The zero-order valence-electron chi connectivity index (χ0n) is 22.9. The molecular weight excluding hydrogens is 513 g/mol. The van der Waals surface area contributed by atoms with Gasteiger partial charge in [0.15, 0.2) is 0 Å². The molecule has 9 nitrogen and oxygen atoms in total. The molecule has 40 heavy (non-hydrogen) atoms. The van der Waals surface area contributed by atoms with E-state index in [-0.39, 0.29) is 24.3 Å². The highest BCUT2D eigenvalue weighted by molar-refractivity contribution is 6.01. The van der Waals surface area contributed by atoms with E-state index in [1.54, 1.807) is 19.2 Å². The minimum absolute atomic E-state index is 0.0635. The first-order valence-electron chi connectivity index (χ1n) is 13.2. The zero-order valence-corrected chi connectivity index (χ0v) is 22.9. The standard InChI is InChI=1S/C30H34FN5O4/c1-30(2,22-10-13-39-14-11-22)12-9-20-7-8-26-25(16-20)36(3)28(37)24(19-40-26)35-29(38)33-18-21(17-32)15-23-5-4-6-27(31)34-23/h4-8,16-18,22,24H,10-11,13-15,19,32H2,1-3H3,(H,35,38)/b21-17-,33-18+. The van der Waals surface area contributed by atoms with Crippen molar-refractivity contribution in [1.29, 1.82) is 0 Å². The van der Waals surface area contributed by atoms with E-state index >= 15 is 0 Å². The first-order chi connectivity index (χ1) is 19.2. The quantitative estimate of drug-likeness (QED) is 0.335. The minimum atomic E-state index is -0.959. The molecule has 0 saturated carbocycles. The molecule has 4 rings (SSSR count). The molecule has 10 heteroatoms. The van der Waals surface area contributed by atoms with Crippen molar-refractivity contribution in [3.63, 3.8) is 0 Å². The summed E-state index contributed by atoms with van der Waals surface area (Å²) in [5, 5.41) is 2.59. The molecule has 1 atom stereocenters. The molecule has 0 spiro atoms. The van der Waals surface area contributed by atoms with Gasteiger partial charge in [-0.15, -0.1) is 0 Å². The van der Waals surface area contributed by atoms with Gasteiger partial charge in [-0.2, -0.15) is 4.39 Å². The first-order valence-corrected chi connectivity index (χ1v) is 13.2. The highest BCUT2D eigenvalue weighted by Gasteiger charge is 2.31. The number of aliphatic imine (C=N–C) groups is 1. The second-order valence-corrected chi connectivity index (χ2v) is 10.4. The van der Waals surface area contributed by atoms with Crippen LogP contribution in [0, 0.1) is 29.1 Å². The number of urea groups is 1. The smallest absolute Gasteiger partial charge is 0.341 e. The molecule has 3 heterocycles. The van der Waals surface area contributed by atoms with Crippen LogP contribution in [-0.2, 0) is 16.0 Å². The maximum absolute atomic E-state index is 13.4. The maximum Gasteiger partial charge on any atom is 0.341 e. The molecular formula is C30H34FN5O4. The van der Waals surface area contributed by atoms with E-state index < -0.39 is 18.0 Å². The Kier molecular flexibility index (Phi) is 9.17. The number of allylic oxidation sites excluding steroid dienone is 1. The number of ether oxygens (including phenoxy) is 2. The van der Waals surface area contributed by atoms with Crippen LogP contribution in [0.4, 0.5) is 14.9 Å². The van der Waals surface area contributed by atoms with Gasteiger partial charge < -0.3 is 25.4 Å². The molecule has 1 aromatic carbocycles. The van der Waals surface area contributed by atoms with Crippen molar-refractivity contribution < 1.29 is 23.5 Å². The lowest BCUT2D eigenvalue weighted by molar-refractivity contribution is -0.120. The molecule has 1 unspecified atom stereocenters. The van der Waals surface area contributed by atoms with Crippen LogP contribution in [0.2, 0.25) is 0 Å². The maximum atomic E-state index is 13.4. The Morgan fingerprint density at radius 3 is 2.80 bits per heavy atom. The number of fused-ring (bicyclic) bond motifs is 1. The SMILES string of the molecule is CN1C(=O)C(NC(=O)/N=C/C(=C\N)Cc2cccc(F)n2)COc2ccc(C#CC(C)(C)C3CCOCC3)cc21. The fourth-order valence-corrected chi connectivity index (χ4v) is 4.67. The van der Waals surface area contributed by atoms with Crippen molar-refractivity contribution in [2.75, 3.05) is 31.8 Å². The normalized spacial score (nSPS) is 18.4. The van der Waals surface area contributed by atoms with Crippen LogP contribution in [0.15, 0.2) is 53.2 Å². The number of amides is 3. The predicted octanol–water partition coefficient (Wildman–Crippen LogP) is 3.61. The number of carbonyl (C=O) groups is 2. The largest absolute Gasteiger partial charge is 0.489 e. The highest BCUT2D eigenvalue weighted by atomic mass is 19.1. The summed E-state index contributed by atoms with van der Waals surface area (Å²) in [6.07, 6.45) is 4.68. The third-order valence-corrected chi connectivity index (χ3v) is 7.14. The van der Waals surface area contributed by atoms with E-state index in [0.29, 0.717) is 28.6 Å². The summed E-state index contributed by atoms with van der Waals surface area (Å²) in [7, 11) is 1.63. The Bertz CT molecular complexity index is 1370. The summed E-state index contributed by atoms with van der Waals surface area (Å²) < 4.78 is 24.7. The Hall–Kier alpha value is -4.23. The minimum Gasteiger partial charge on any atom is -0.489 e. The van der Waals surface area contributed by atoms with Crippen LogP contribution in [0.3, 0.4) is 0 Å². The number of benzene rings is 1. The number of anilines is 1. The molecule has 1 fully saturated rings. The van der Waals surface area contributed by atoms with Crippen LogP contribution < -0.4 is 20.7 Å². The van der Waals surface area contributed by atoms with Gasteiger partial charge in [0.05, 0.1) is 5.69 Å². The molecule has 2 aromatic rings. The molecule has 1 aromatic heterocycles. The van der Waals surface area contributed by atoms with Crippen LogP contribution in [-0.4, -0.2) is 56.0 Å². The van der Waals surface area contributed by atoms with E-state index in [1.165, 1.54) is 29.4 Å². The fourth-order valence-electron chi connectivity index (χ4n) is 4.67. The van der Waals surface area contributed by atoms with Crippen molar-refractivity contribution in [2.45, 2.75) is 39.2 Å². The number of nitrogens with two attached hydrogens (primary N) is 1. The van der Waals surface area contributed by atoms with Crippen LogP contribution >= 0.6 is 0 Å². The molecule has 2 aliphatic rings. The molecule has 1 saturated heterocycles. The molecule has 0 bridgehead atoms. The van der Waals surface area contributed by atoms with Gasteiger partial charge in [-0.05, 0) is 74.7 Å². The summed E-state index contributed by atoms with van der Waals surface area (Å²) in [5.41, 5.74) is 7.69. The third-order valence-electron chi connectivity index (χ3n) is 7.14. The summed E-state index contributed by atoms with van der Waals surface area (Å²) >= 11 is 0. The lowest BCUT2D eigenvalue weighted by Crippen LogP contribution is -2.48. The number of likely N-dealkylation sites (N-methyl/N-ethyl adjacent to an activating group) is 1. The number of rotatable bonds is 5. The van der Waals surface area contributed by atoms with Crippen molar-refractivity contribution >= 4 is 23.8 Å². The van der Waals surface area contributed by atoms with E-state index in [9.17, 15) is 14.0 Å². The molecule has 0 radical (unpaired) electrons. The van der Waals surface area contributed by atoms with Crippen molar-refractivity contribution in [2.24, 2.45) is 22.1 Å². The van der Waals surface area contributed by atoms with Crippen LogP contribution in [0.5, 0.6) is 5.75 Å². The van der Waals surface area contributed by atoms with E-state index in [0.717, 1.165) is 31.6 Å². The summed E-state index contributed by atoms with van der Waals surface area (Å²) in [6.45, 7) is 5.77. The average molecular weight is 548 g/mol. The monoisotopic (exact) mass is 547 g/mol. The van der Waals surface area contributed by atoms with Gasteiger partial charge >= 0.3 is 6.03 Å². The van der Waals surface area contributed by atoms with Crippen molar-refractivity contribution in [3.8, 4) is 17.6 Å². The highest BCUT2D eigenvalue weighted by Crippen LogP contribution is 2.35. The third kappa shape index (κ3) is 7.24. The lowest BCUT2D eigenvalue weighted by atomic mass is 9.75. The van der Waals surface area contributed by atoms with Gasteiger partial charge in [0.25, 0.3) is 5.91 Å². The Labute approximate surface area is 233 Å². The van der Waals surface area contributed by atoms with Crippen molar-refractivity contribution in [1.82, 2.24) is 10.3 Å². The first kappa shape index (κ1) is 28.8. The zero-order chi connectivity index (χ0) is 28.7. The molecule has 3 amide bonds.